The van der Waals surface area contributed by atoms with Gasteiger partial charge in [0, 0.05) is 33.2 Å². The van der Waals surface area contributed by atoms with Gasteiger partial charge in [0.2, 0.25) is 5.91 Å². The van der Waals surface area contributed by atoms with Crippen LogP contribution in [0.2, 0.25) is 0 Å². The summed E-state index contributed by atoms with van der Waals surface area (Å²) in [5.41, 5.74) is 1.50. The molecule has 166 valence electrons. The van der Waals surface area contributed by atoms with Gasteiger partial charge in [-0.1, -0.05) is 24.3 Å². The van der Waals surface area contributed by atoms with E-state index in [9.17, 15) is 18.0 Å². The number of methoxy groups -OCH3 is 1. The Kier molecular flexibility index (Phi) is 6.06. The molecule has 2 aromatic rings. The standard InChI is InChI=1S/C22H23F3N2O4/c1-29-11-10-27-18-4-2-3-5-20(18)30-17-12-19(21(27)28)26(14-17)13-15-6-8-16(9-7-15)31-22(23,24)25/h2-9,17,19H,10-14H2,1H3/t17-,19-/m0/s1. The van der Waals surface area contributed by atoms with E-state index in [0.717, 1.165) is 11.3 Å². The summed E-state index contributed by atoms with van der Waals surface area (Å²) in [5.74, 6) is 0.351. The molecule has 9 heteroatoms. The molecule has 4 rings (SSSR count). The topological polar surface area (TPSA) is 51.2 Å². The van der Waals surface area contributed by atoms with Crippen LogP contribution in [-0.4, -0.2) is 56.1 Å². The maximum absolute atomic E-state index is 13.5. The number of anilines is 1. The summed E-state index contributed by atoms with van der Waals surface area (Å²) in [7, 11) is 1.58. The summed E-state index contributed by atoms with van der Waals surface area (Å²) >= 11 is 0. The van der Waals surface area contributed by atoms with E-state index in [1.807, 2.05) is 29.2 Å². The number of para-hydroxylation sites is 2. The fourth-order valence-corrected chi connectivity index (χ4v) is 4.08. The number of alkyl halides is 3. The lowest BCUT2D eigenvalue weighted by atomic mass is 10.1. The number of benzene rings is 2. The zero-order valence-corrected chi connectivity index (χ0v) is 17.0. The molecule has 1 amide bonds. The first-order chi connectivity index (χ1) is 14.8. The van der Waals surface area contributed by atoms with Gasteiger partial charge in [0.1, 0.15) is 17.6 Å². The van der Waals surface area contributed by atoms with Gasteiger partial charge in [-0.2, -0.15) is 0 Å². The number of carbonyl (C=O) groups excluding carboxylic acids is 1. The highest BCUT2D eigenvalue weighted by Gasteiger charge is 2.42. The molecule has 0 aliphatic carbocycles. The SMILES string of the molecule is COCCN1C(=O)[C@@H]2C[C@@H](CN2Cc2ccc(OC(F)(F)F)cc2)Oc2ccccc21. The Balaban J connectivity index is 1.54. The Bertz CT molecular complexity index is 920. The van der Waals surface area contributed by atoms with Gasteiger partial charge >= 0.3 is 6.36 Å². The summed E-state index contributed by atoms with van der Waals surface area (Å²) < 4.78 is 52.5. The summed E-state index contributed by atoms with van der Waals surface area (Å²) in [6.45, 7) is 1.74. The quantitative estimate of drug-likeness (QED) is 0.693. The second-order valence-corrected chi connectivity index (χ2v) is 7.56. The van der Waals surface area contributed by atoms with E-state index >= 15 is 0 Å². The molecule has 1 fully saturated rings. The highest BCUT2D eigenvalue weighted by atomic mass is 19.4. The molecule has 0 saturated carbocycles. The molecule has 1 saturated heterocycles. The number of halogens is 3. The maximum Gasteiger partial charge on any atom is 0.573 e. The van der Waals surface area contributed by atoms with Gasteiger partial charge in [-0.3, -0.25) is 9.69 Å². The van der Waals surface area contributed by atoms with E-state index in [4.69, 9.17) is 9.47 Å². The Morgan fingerprint density at radius 3 is 2.58 bits per heavy atom. The molecule has 2 atom stereocenters. The second kappa shape index (κ2) is 8.76. The molecule has 2 bridgehead atoms. The molecular formula is C22H23F3N2O4. The third kappa shape index (κ3) is 4.94. The van der Waals surface area contributed by atoms with Crippen LogP contribution in [0, 0.1) is 0 Å². The van der Waals surface area contributed by atoms with Gasteiger partial charge < -0.3 is 19.1 Å². The molecule has 0 spiro atoms. The summed E-state index contributed by atoms with van der Waals surface area (Å²) in [6.07, 6.45) is -4.33. The summed E-state index contributed by atoms with van der Waals surface area (Å²) in [6, 6.07) is 12.8. The van der Waals surface area contributed by atoms with E-state index in [1.165, 1.54) is 12.1 Å². The molecule has 0 N–H and O–H groups in total. The van der Waals surface area contributed by atoms with Gasteiger partial charge in [-0.05, 0) is 29.8 Å². The largest absolute Gasteiger partial charge is 0.573 e. The van der Waals surface area contributed by atoms with Crippen molar-refractivity contribution in [2.75, 3.05) is 31.7 Å². The molecular weight excluding hydrogens is 413 g/mol. The molecule has 6 nitrogen and oxygen atoms in total. The van der Waals surface area contributed by atoms with Crippen molar-refractivity contribution in [1.82, 2.24) is 4.90 Å². The number of rotatable bonds is 6. The molecule has 2 aliphatic heterocycles. The number of hydrogen-bond acceptors (Lipinski definition) is 5. The Morgan fingerprint density at radius 2 is 1.87 bits per heavy atom. The average molecular weight is 436 g/mol. The maximum atomic E-state index is 13.5. The highest BCUT2D eigenvalue weighted by Crippen LogP contribution is 2.36. The van der Waals surface area contributed by atoms with Crippen molar-refractivity contribution < 1.29 is 32.2 Å². The van der Waals surface area contributed by atoms with Crippen molar-refractivity contribution in [3.63, 3.8) is 0 Å². The van der Waals surface area contributed by atoms with Crippen molar-refractivity contribution in [1.29, 1.82) is 0 Å². The zero-order valence-electron chi connectivity index (χ0n) is 17.0. The molecule has 2 aromatic carbocycles. The summed E-state index contributed by atoms with van der Waals surface area (Å²) in [5, 5.41) is 0. The lowest BCUT2D eigenvalue weighted by Gasteiger charge is -2.31. The van der Waals surface area contributed by atoms with Crippen LogP contribution in [0.15, 0.2) is 48.5 Å². The van der Waals surface area contributed by atoms with E-state index < -0.39 is 6.36 Å². The third-order valence-corrected chi connectivity index (χ3v) is 5.43. The first-order valence-electron chi connectivity index (χ1n) is 9.99. The van der Waals surface area contributed by atoms with Crippen molar-refractivity contribution in [2.24, 2.45) is 0 Å². The molecule has 31 heavy (non-hydrogen) atoms. The predicted octanol–water partition coefficient (Wildman–Crippen LogP) is 3.60. The van der Waals surface area contributed by atoms with Crippen LogP contribution >= 0.6 is 0 Å². The minimum atomic E-state index is -4.73. The van der Waals surface area contributed by atoms with E-state index in [1.54, 1.807) is 24.1 Å². The number of carbonyl (C=O) groups is 1. The fraction of sp³-hybridized carbons (Fsp3) is 0.409. The number of amides is 1. The Morgan fingerprint density at radius 1 is 1.13 bits per heavy atom. The zero-order chi connectivity index (χ0) is 22.0. The second-order valence-electron chi connectivity index (χ2n) is 7.56. The number of nitrogens with zero attached hydrogens (tertiary/aromatic N) is 2. The predicted molar refractivity (Wildman–Crippen MR) is 107 cm³/mol. The molecule has 0 radical (unpaired) electrons. The normalized spacial score (nSPS) is 21.3. The number of ether oxygens (including phenoxy) is 3. The first kappa shape index (κ1) is 21.5. The van der Waals surface area contributed by atoms with E-state index in [2.05, 4.69) is 4.74 Å². The van der Waals surface area contributed by atoms with Crippen molar-refractivity contribution >= 4 is 11.6 Å². The monoisotopic (exact) mass is 436 g/mol. The molecule has 0 aromatic heterocycles. The van der Waals surface area contributed by atoms with Crippen LogP contribution in [0.25, 0.3) is 0 Å². The minimum Gasteiger partial charge on any atom is -0.487 e. The fourth-order valence-electron chi connectivity index (χ4n) is 4.08. The average Bonchev–Trinajstić information content (AvgIpc) is 3.12. The van der Waals surface area contributed by atoms with E-state index in [0.29, 0.717) is 38.4 Å². The first-order valence-corrected chi connectivity index (χ1v) is 9.99. The number of hydrogen-bond donors (Lipinski definition) is 0. The molecule has 2 heterocycles. The molecule has 2 aliphatic rings. The minimum absolute atomic E-state index is 0.0349. The third-order valence-electron chi connectivity index (χ3n) is 5.43. The lowest BCUT2D eigenvalue weighted by Crippen LogP contribution is -2.47. The number of fused-ring (bicyclic) bond motifs is 3. The smallest absolute Gasteiger partial charge is 0.487 e. The van der Waals surface area contributed by atoms with Crippen LogP contribution in [-0.2, 0) is 16.1 Å². The van der Waals surface area contributed by atoms with Crippen LogP contribution in [0.5, 0.6) is 11.5 Å². The van der Waals surface area contributed by atoms with Crippen LogP contribution < -0.4 is 14.4 Å². The van der Waals surface area contributed by atoms with Gasteiger partial charge in [-0.15, -0.1) is 13.2 Å². The molecule has 0 unspecified atom stereocenters. The van der Waals surface area contributed by atoms with Gasteiger partial charge in [0.05, 0.1) is 18.3 Å². The van der Waals surface area contributed by atoms with Gasteiger partial charge in [0.25, 0.3) is 0 Å². The van der Waals surface area contributed by atoms with Crippen molar-refractivity contribution in [2.45, 2.75) is 31.5 Å². The van der Waals surface area contributed by atoms with Gasteiger partial charge in [-0.25, -0.2) is 0 Å². The lowest BCUT2D eigenvalue weighted by molar-refractivity contribution is -0.274. The Hall–Kier alpha value is -2.78. The van der Waals surface area contributed by atoms with Crippen LogP contribution in [0.4, 0.5) is 18.9 Å². The van der Waals surface area contributed by atoms with Crippen LogP contribution in [0.1, 0.15) is 12.0 Å². The van der Waals surface area contributed by atoms with Crippen LogP contribution in [0.3, 0.4) is 0 Å². The number of likely N-dealkylation sites (tertiary alicyclic amines) is 1. The van der Waals surface area contributed by atoms with Crippen molar-refractivity contribution in [3.05, 3.63) is 54.1 Å². The highest BCUT2D eigenvalue weighted by molar-refractivity contribution is 5.99. The van der Waals surface area contributed by atoms with Gasteiger partial charge in [0.15, 0.2) is 0 Å². The Labute approximate surface area is 178 Å². The summed E-state index contributed by atoms with van der Waals surface area (Å²) in [4.78, 5) is 17.2. The van der Waals surface area contributed by atoms with E-state index in [-0.39, 0.29) is 23.8 Å². The van der Waals surface area contributed by atoms with Crippen molar-refractivity contribution in [3.8, 4) is 11.5 Å².